The molecule has 0 saturated carbocycles. The number of rotatable bonds is 5. The van der Waals surface area contributed by atoms with Crippen LogP contribution in [-0.4, -0.2) is 27.0 Å². The van der Waals surface area contributed by atoms with E-state index >= 15 is 0 Å². The molecule has 7 heteroatoms. The number of carbonyl (C=O) groups is 2. The third-order valence-corrected chi connectivity index (χ3v) is 3.09. The summed E-state index contributed by atoms with van der Waals surface area (Å²) in [6.45, 7) is 5.97. The van der Waals surface area contributed by atoms with E-state index in [1.165, 1.54) is 50.2 Å². The highest BCUT2D eigenvalue weighted by Crippen LogP contribution is 2.18. The molecule has 0 aliphatic carbocycles. The van der Waals surface area contributed by atoms with E-state index < -0.39 is 18.0 Å². The summed E-state index contributed by atoms with van der Waals surface area (Å²) in [5.41, 5.74) is 1.51. The summed E-state index contributed by atoms with van der Waals surface area (Å²) in [5.74, 6) is -1.56. The van der Waals surface area contributed by atoms with Gasteiger partial charge in [0, 0.05) is 22.3 Å². The Morgan fingerprint density at radius 1 is 0.963 bits per heavy atom. The predicted octanol–water partition coefficient (Wildman–Crippen LogP) is 4.08. The topological polar surface area (TPSA) is 52.6 Å². The van der Waals surface area contributed by atoms with Crippen LogP contribution in [0.1, 0.15) is 31.1 Å². The fourth-order valence-electron chi connectivity index (χ4n) is 1.87. The highest BCUT2D eigenvalue weighted by atomic mass is 19.1. The smallest absolute Gasteiger partial charge is 0.303 e. The van der Waals surface area contributed by atoms with Crippen molar-refractivity contribution in [3.8, 4) is 0 Å². The number of benzene rings is 2. The van der Waals surface area contributed by atoms with Gasteiger partial charge in [0.2, 0.25) is 0 Å². The second kappa shape index (κ2) is 12.4. The number of carbonyl (C=O) groups excluding carboxylic acids is 2. The van der Waals surface area contributed by atoms with Gasteiger partial charge < -0.3 is 9.47 Å². The predicted molar refractivity (Wildman–Crippen MR) is 99.8 cm³/mol. The van der Waals surface area contributed by atoms with E-state index in [4.69, 9.17) is 9.47 Å². The van der Waals surface area contributed by atoms with Crippen molar-refractivity contribution in [1.29, 1.82) is 0 Å². The van der Waals surface area contributed by atoms with E-state index in [-0.39, 0.29) is 26.7 Å². The molecule has 0 N–H and O–H groups in total. The van der Waals surface area contributed by atoms with Gasteiger partial charge in [-0.3, -0.25) is 9.59 Å². The van der Waals surface area contributed by atoms with Crippen LogP contribution < -0.4 is 0 Å². The Kier molecular flexibility index (Phi) is 11.0. The van der Waals surface area contributed by atoms with Crippen molar-refractivity contribution >= 4 is 26.4 Å². The fourth-order valence-corrected chi connectivity index (χ4v) is 1.87. The first-order valence-electron chi connectivity index (χ1n) is 7.76. The zero-order valence-corrected chi connectivity index (χ0v) is 15.2. The largest absolute Gasteiger partial charge is 0.462 e. The Hall–Kier alpha value is -2.96. The van der Waals surface area contributed by atoms with Crippen LogP contribution in [0.2, 0.25) is 0 Å². The van der Waals surface area contributed by atoms with Gasteiger partial charge in [0.25, 0.3) is 0 Å². The zero-order chi connectivity index (χ0) is 19.5. The Balaban J connectivity index is 0.000000572. The zero-order valence-electron chi connectivity index (χ0n) is 15.2. The first-order chi connectivity index (χ1) is 12.3. The van der Waals surface area contributed by atoms with E-state index in [1.807, 2.05) is 0 Å². The van der Waals surface area contributed by atoms with Gasteiger partial charge in [0.15, 0.2) is 6.10 Å². The van der Waals surface area contributed by atoms with Gasteiger partial charge in [0.1, 0.15) is 18.2 Å². The van der Waals surface area contributed by atoms with Gasteiger partial charge in [-0.15, -0.1) is 0 Å². The summed E-state index contributed by atoms with van der Waals surface area (Å²) in [6, 6.07) is 11.6. The monoisotopic (exact) mass is 373 g/mol. The molecule has 2 rings (SSSR count). The first-order valence-corrected chi connectivity index (χ1v) is 7.76. The lowest BCUT2D eigenvalue weighted by atomic mass is 10.1. The van der Waals surface area contributed by atoms with Crippen molar-refractivity contribution in [2.75, 3.05) is 6.61 Å². The average molecular weight is 373 g/mol. The van der Waals surface area contributed by atoms with Gasteiger partial charge in [-0.05, 0) is 35.4 Å². The van der Waals surface area contributed by atoms with Crippen LogP contribution in [0.5, 0.6) is 0 Å². The molecule has 0 fully saturated rings. The highest BCUT2D eigenvalue weighted by molar-refractivity contribution is 5.75. The minimum absolute atomic E-state index is 0. The van der Waals surface area contributed by atoms with Crippen LogP contribution >= 0.6 is 0 Å². The minimum atomic E-state index is -0.711. The second-order valence-electron chi connectivity index (χ2n) is 5.21. The Bertz CT molecular complexity index is 731. The van der Waals surface area contributed by atoms with E-state index in [9.17, 15) is 18.4 Å². The Morgan fingerprint density at radius 3 is 1.85 bits per heavy atom. The Labute approximate surface area is 159 Å². The van der Waals surface area contributed by atoms with E-state index in [2.05, 4.69) is 6.58 Å². The van der Waals surface area contributed by atoms with Crippen LogP contribution in [-0.2, 0) is 19.1 Å². The van der Waals surface area contributed by atoms with Crippen LogP contribution in [0, 0.1) is 11.6 Å². The third kappa shape index (κ3) is 9.94. The van der Waals surface area contributed by atoms with Crippen molar-refractivity contribution in [2.45, 2.75) is 20.0 Å². The highest BCUT2D eigenvalue weighted by Gasteiger charge is 2.16. The summed E-state index contributed by atoms with van der Waals surface area (Å²) in [7, 11) is 0. The van der Waals surface area contributed by atoms with E-state index in [0.29, 0.717) is 5.56 Å². The molecule has 2 aromatic rings. The van der Waals surface area contributed by atoms with Crippen LogP contribution in [0.3, 0.4) is 0 Å². The molecule has 0 saturated heterocycles. The molecule has 3 radical (unpaired) electrons. The summed E-state index contributed by atoms with van der Waals surface area (Å²) in [4.78, 5) is 21.6. The van der Waals surface area contributed by atoms with Crippen molar-refractivity contribution in [2.24, 2.45) is 0 Å². The molecule has 1 unspecified atom stereocenters. The maximum absolute atomic E-state index is 12.7. The number of halogens is 2. The molecule has 0 amide bonds. The molecule has 0 bridgehead atoms. The van der Waals surface area contributed by atoms with Gasteiger partial charge in [-0.2, -0.15) is 0 Å². The normalized spacial score (nSPS) is 10.4. The van der Waals surface area contributed by atoms with E-state index in [0.717, 1.165) is 5.56 Å². The molecule has 2 aromatic carbocycles. The second-order valence-corrected chi connectivity index (χ2v) is 5.21. The molecule has 141 valence electrons. The summed E-state index contributed by atoms with van der Waals surface area (Å²) >= 11 is 0. The van der Waals surface area contributed by atoms with Crippen LogP contribution in [0.15, 0.2) is 55.1 Å². The molecule has 0 aromatic heterocycles. The molecule has 0 heterocycles. The minimum Gasteiger partial charge on any atom is -0.462 e. The first kappa shape index (κ1) is 24.0. The SMILES string of the molecule is C=Cc1ccc(F)cc1.CC(=O)OCC(OC(C)=O)c1ccc(F)cc1.[B]. The molecular formula is C20H20BF2O4. The molecule has 0 aliphatic heterocycles. The summed E-state index contributed by atoms with van der Waals surface area (Å²) in [5, 5.41) is 0. The number of ether oxygens (including phenoxy) is 2. The van der Waals surface area contributed by atoms with Gasteiger partial charge in [0.05, 0.1) is 0 Å². The van der Waals surface area contributed by atoms with Crippen LogP contribution in [0.25, 0.3) is 6.08 Å². The number of hydrogen-bond acceptors (Lipinski definition) is 4. The van der Waals surface area contributed by atoms with Gasteiger partial charge >= 0.3 is 11.9 Å². The van der Waals surface area contributed by atoms with Crippen molar-refractivity contribution in [3.05, 3.63) is 77.9 Å². The molecule has 27 heavy (non-hydrogen) atoms. The molecule has 1 atom stereocenters. The maximum Gasteiger partial charge on any atom is 0.303 e. The molecular weight excluding hydrogens is 353 g/mol. The quantitative estimate of drug-likeness (QED) is 0.586. The van der Waals surface area contributed by atoms with Gasteiger partial charge in [-0.25, -0.2) is 8.78 Å². The van der Waals surface area contributed by atoms with Gasteiger partial charge in [-0.1, -0.05) is 36.9 Å². The average Bonchev–Trinajstić information content (AvgIpc) is 2.60. The van der Waals surface area contributed by atoms with Crippen molar-refractivity contribution in [3.63, 3.8) is 0 Å². The fraction of sp³-hybridized carbons (Fsp3) is 0.200. The lowest BCUT2D eigenvalue weighted by molar-refractivity contribution is -0.156. The van der Waals surface area contributed by atoms with E-state index in [1.54, 1.807) is 18.2 Å². The third-order valence-electron chi connectivity index (χ3n) is 3.09. The van der Waals surface area contributed by atoms with Crippen LogP contribution in [0.4, 0.5) is 8.78 Å². The number of esters is 2. The molecule has 0 aliphatic rings. The molecule has 4 nitrogen and oxygen atoms in total. The lowest BCUT2D eigenvalue weighted by Crippen LogP contribution is -2.16. The van der Waals surface area contributed by atoms with Crippen molar-refractivity contribution < 1.29 is 27.8 Å². The lowest BCUT2D eigenvalue weighted by Gasteiger charge is -2.16. The Morgan fingerprint density at radius 2 is 1.44 bits per heavy atom. The molecule has 0 spiro atoms. The number of hydrogen-bond donors (Lipinski definition) is 0. The standard InChI is InChI=1S/C12H13FO4.C8H7F.B/c1-8(14)16-7-12(17-9(2)15)10-3-5-11(13)6-4-10;1-2-7-3-5-8(9)6-4-7;/h3-6,12H,7H2,1-2H3;2-6H,1H2;. The summed E-state index contributed by atoms with van der Waals surface area (Å²) in [6.07, 6.45) is 0.969. The summed E-state index contributed by atoms with van der Waals surface area (Å²) < 4.78 is 34.7. The van der Waals surface area contributed by atoms with Crippen molar-refractivity contribution in [1.82, 2.24) is 0 Å². The maximum atomic E-state index is 12.7.